The normalized spacial score (nSPS) is 12.3. The number of carbonyl (C=O) groups excluding carboxylic acids is 1. The van der Waals surface area contributed by atoms with E-state index in [1.54, 1.807) is 6.20 Å². The van der Waals surface area contributed by atoms with E-state index in [0.717, 1.165) is 55.7 Å². The number of hydrazine groups is 1. The van der Waals surface area contributed by atoms with Crippen LogP contribution in [0.3, 0.4) is 0 Å². The largest absolute Gasteiger partial charge is 0.280 e. The van der Waals surface area contributed by atoms with Gasteiger partial charge in [-0.1, -0.05) is 91.9 Å². The first kappa shape index (κ1) is 25.8. The van der Waals surface area contributed by atoms with Crippen LogP contribution in [0.5, 0.6) is 0 Å². The van der Waals surface area contributed by atoms with Gasteiger partial charge in [0.15, 0.2) is 5.82 Å². The van der Waals surface area contributed by atoms with Crippen LogP contribution in [0, 0.1) is 0 Å². The van der Waals surface area contributed by atoms with Crippen LogP contribution in [0.15, 0.2) is 91.2 Å². The molecule has 0 aliphatic rings. The van der Waals surface area contributed by atoms with Crippen LogP contribution >= 0.6 is 0 Å². The van der Waals surface area contributed by atoms with Gasteiger partial charge in [-0.25, -0.2) is 0 Å². The summed E-state index contributed by atoms with van der Waals surface area (Å²) in [5, 5.41) is 9.91. The first-order valence-electron chi connectivity index (χ1n) is 11.8. The number of benzene rings is 1. The number of allylic oxidation sites excluding steroid dienone is 10. The van der Waals surface area contributed by atoms with Gasteiger partial charge in [0.1, 0.15) is 0 Å². The molecule has 0 atom stereocenters. The van der Waals surface area contributed by atoms with E-state index in [0.29, 0.717) is 12.2 Å². The molecule has 0 bridgehead atoms. The first-order chi connectivity index (χ1) is 16.3. The third-order valence-corrected chi connectivity index (χ3v) is 4.82. The number of aromatic nitrogens is 2. The summed E-state index contributed by atoms with van der Waals surface area (Å²) in [6.45, 7) is 2.15. The molecule has 1 heterocycles. The molecule has 2 aromatic rings. The van der Waals surface area contributed by atoms with Crippen LogP contribution in [0.4, 0.5) is 5.82 Å². The summed E-state index contributed by atoms with van der Waals surface area (Å²) in [4.78, 5) is 12.0. The lowest BCUT2D eigenvalue weighted by molar-refractivity contribution is -0.120. The van der Waals surface area contributed by atoms with Crippen LogP contribution in [0.2, 0.25) is 0 Å². The Balaban J connectivity index is 1.50. The monoisotopic (exact) mass is 444 g/mol. The summed E-state index contributed by atoms with van der Waals surface area (Å²) < 4.78 is 0. The third kappa shape index (κ3) is 11.6. The molecule has 0 aliphatic heterocycles. The summed E-state index contributed by atoms with van der Waals surface area (Å²) in [6.07, 6.45) is 30.7. The standard InChI is InChI=1S/C28H36N4O/c1-2-3-4-5-6-7-8-9-10-11-12-13-14-15-16-17-18-23-27(33)30-32-28-26-22-20-19-21-25(26)24-29-31-28/h3-4,6-7,9-10,12-13,15-16,19-22,24H,2,5,8,11,14,17-18,23H2,1H3,(H,30,33)(H,31,32)/b4-3+,7-6+,10-9+,13-12+,16-15+. The Bertz CT molecular complexity index is 968. The van der Waals surface area contributed by atoms with Gasteiger partial charge >= 0.3 is 0 Å². The van der Waals surface area contributed by atoms with Crippen LogP contribution < -0.4 is 10.9 Å². The van der Waals surface area contributed by atoms with Gasteiger partial charge < -0.3 is 0 Å². The van der Waals surface area contributed by atoms with Gasteiger partial charge in [0, 0.05) is 17.2 Å². The Morgan fingerprint density at radius 3 is 2.12 bits per heavy atom. The maximum atomic E-state index is 12.0. The Labute approximate surface area is 198 Å². The van der Waals surface area contributed by atoms with Crippen molar-refractivity contribution < 1.29 is 4.79 Å². The van der Waals surface area contributed by atoms with Crippen molar-refractivity contribution in [3.8, 4) is 0 Å². The number of unbranched alkanes of at least 4 members (excludes halogenated alkanes) is 1. The molecule has 0 unspecified atom stereocenters. The van der Waals surface area contributed by atoms with Gasteiger partial charge in [0.05, 0.1) is 6.20 Å². The quantitative estimate of drug-likeness (QED) is 0.176. The van der Waals surface area contributed by atoms with Crippen molar-refractivity contribution in [2.75, 3.05) is 5.43 Å². The molecular weight excluding hydrogens is 408 g/mol. The number of nitrogens with zero attached hydrogens (tertiary/aromatic N) is 2. The van der Waals surface area contributed by atoms with Crippen molar-refractivity contribution in [2.24, 2.45) is 0 Å². The number of nitrogens with one attached hydrogen (secondary N) is 2. The number of rotatable bonds is 15. The molecular formula is C28H36N4O. The summed E-state index contributed by atoms with van der Waals surface area (Å²) in [6, 6.07) is 7.78. The van der Waals surface area contributed by atoms with Gasteiger partial charge in [0.2, 0.25) is 5.91 Å². The van der Waals surface area contributed by atoms with E-state index in [1.165, 1.54) is 0 Å². The van der Waals surface area contributed by atoms with Gasteiger partial charge in [-0.05, 0) is 44.9 Å². The van der Waals surface area contributed by atoms with E-state index in [-0.39, 0.29) is 5.91 Å². The summed E-state index contributed by atoms with van der Waals surface area (Å²) in [5.41, 5.74) is 5.59. The summed E-state index contributed by atoms with van der Waals surface area (Å²) in [5.74, 6) is 0.497. The van der Waals surface area contributed by atoms with Crippen molar-refractivity contribution in [1.29, 1.82) is 0 Å². The number of anilines is 1. The molecule has 2 rings (SSSR count). The molecule has 5 nitrogen and oxygen atoms in total. The second kappa shape index (κ2) is 17.1. The molecule has 0 saturated carbocycles. The minimum atomic E-state index is -0.0583. The molecule has 0 aliphatic carbocycles. The molecule has 174 valence electrons. The lowest BCUT2D eigenvalue weighted by Crippen LogP contribution is -2.29. The fourth-order valence-electron chi connectivity index (χ4n) is 3.06. The van der Waals surface area contributed by atoms with Gasteiger partial charge in [-0.15, -0.1) is 5.10 Å². The van der Waals surface area contributed by atoms with Crippen molar-refractivity contribution in [3.05, 3.63) is 91.2 Å². The molecule has 0 radical (unpaired) electrons. The van der Waals surface area contributed by atoms with Crippen molar-refractivity contribution in [2.45, 2.75) is 58.3 Å². The molecule has 0 spiro atoms. The Morgan fingerprint density at radius 2 is 1.45 bits per heavy atom. The fourth-order valence-corrected chi connectivity index (χ4v) is 3.06. The average molecular weight is 445 g/mol. The zero-order valence-electron chi connectivity index (χ0n) is 19.6. The zero-order chi connectivity index (χ0) is 23.4. The highest BCUT2D eigenvalue weighted by Crippen LogP contribution is 2.18. The molecule has 2 N–H and O–H groups in total. The number of hydrogen-bond acceptors (Lipinski definition) is 4. The molecule has 5 heteroatoms. The van der Waals surface area contributed by atoms with E-state index < -0.39 is 0 Å². The highest BCUT2D eigenvalue weighted by Gasteiger charge is 2.04. The minimum absolute atomic E-state index is 0.0583. The van der Waals surface area contributed by atoms with E-state index in [2.05, 4.69) is 88.7 Å². The van der Waals surface area contributed by atoms with Crippen LogP contribution in [-0.4, -0.2) is 16.1 Å². The summed E-state index contributed by atoms with van der Waals surface area (Å²) in [7, 11) is 0. The second-order valence-electron chi connectivity index (χ2n) is 7.55. The van der Waals surface area contributed by atoms with Crippen LogP contribution in [-0.2, 0) is 4.79 Å². The maximum Gasteiger partial charge on any atom is 0.238 e. The Kier molecular flexibility index (Phi) is 13.4. The SMILES string of the molecule is CC/C=C/C/C=C/C/C=C/C/C=C/C/C=C/CCCC(=O)NNc1nncc2ccccc12. The maximum absolute atomic E-state index is 12.0. The smallest absolute Gasteiger partial charge is 0.238 e. The van der Waals surface area contributed by atoms with Crippen molar-refractivity contribution in [3.63, 3.8) is 0 Å². The van der Waals surface area contributed by atoms with Crippen LogP contribution in [0.25, 0.3) is 10.8 Å². The van der Waals surface area contributed by atoms with E-state index in [9.17, 15) is 4.79 Å². The number of fused-ring (bicyclic) bond motifs is 1. The average Bonchev–Trinajstić information content (AvgIpc) is 2.84. The number of amides is 1. The van der Waals surface area contributed by atoms with Crippen molar-refractivity contribution >= 4 is 22.5 Å². The lowest BCUT2D eigenvalue weighted by Gasteiger charge is -2.09. The summed E-state index contributed by atoms with van der Waals surface area (Å²) >= 11 is 0. The van der Waals surface area contributed by atoms with Gasteiger partial charge in [-0.3, -0.25) is 15.6 Å². The molecule has 1 amide bonds. The molecule has 1 aromatic heterocycles. The van der Waals surface area contributed by atoms with Gasteiger partial charge in [0.25, 0.3) is 0 Å². The topological polar surface area (TPSA) is 66.9 Å². The minimum Gasteiger partial charge on any atom is -0.280 e. The fraction of sp³-hybridized carbons (Fsp3) is 0.321. The van der Waals surface area contributed by atoms with E-state index in [1.807, 2.05) is 24.3 Å². The first-order valence-corrected chi connectivity index (χ1v) is 11.8. The highest BCUT2D eigenvalue weighted by atomic mass is 16.2. The highest BCUT2D eigenvalue weighted by molar-refractivity contribution is 5.91. The molecule has 33 heavy (non-hydrogen) atoms. The number of carbonyl (C=O) groups is 1. The van der Waals surface area contributed by atoms with E-state index >= 15 is 0 Å². The second-order valence-corrected chi connectivity index (χ2v) is 7.55. The molecule has 0 saturated heterocycles. The van der Waals surface area contributed by atoms with Crippen LogP contribution in [0.1, 0.15) is 58.3 Å². The molecule has 0 fully saturated rings. The lowest BCUT2D eigenvalue weighted by atomic mass is 10.2. The predicted molar refractivity (Wildman–Crippen MR) is 140 cm³/mol. The van der Waals surface area contributed by atoms with Gasteiger partial charge in [-0.2, -0.15) is 5.10 Å². The third-order valence-electron chi connectivity index (χ3n) is 4.82. The Morgan fingerprint density at radius 1 is 0.848 bits per heavy atom. The van der Waals surface area contributed by atoms with Crippen molar-refractivity contribution in [1.82, 2.24) is 15.6 Å². The Hall–Kier alpha value is -3.47. The zero-order valence-corrected chi connectivity index (χ0v) is 19.6. The van der Waals surface area contributed by atoms with E-state index in [4.69, 9.17) is 0 Å². The molecule has 1 aromatic carbocycles. The predicted octanol–water partition coefficient (Wildman–Crippen LogP) is 6.99. The number of hydrogen-bond donors (Lipinski definition) is 2.